The van der Waals surface area contributed by atoms with Crippen molar-refractivity contribution in [3.63, 3.8) is 0 Å². The Morgan fingerprint density at radius 2 is 2.20 bits per heavy atom. The van der Waals surface area contributed by atoms with Gasteiger partial charge in [0.15, 0.2) is 0 Å². The van der Waals surface area contributed by atoms with E-state index in [1.165, 1.54) is 12.3 Å². The lowest BCUT2D eigenvalue weighted by atomic mass is 10.2. The molecule has 0 aliphatic carbocycles. The van der Waals surface area contributed by atoms with Gasteiger partial charge >= 0.3 is 5.97 Å². The summed E-state index contributed by atoms with van der Waals surface area (Å²) in [6.07, 6.45) is 1.38. The number of para-hydroxylation sites is 1. The van der Waals surface area contributed by atoms with Crippen molar-refractivity contribution in [2.75, 3.05) is 11.9 Å². The van der Waals surface area contributed by atoms with Gasteiger partial charge in [0.05, 0.1) is 17.9 Å². The molecule has 2 rings (SSSR count). The molecule has 0 fully saturated rings. The fourth-order valence-corrected chi connectivity index (χ4v) is 1.99. The van der Waals surface area contributed by atoms with Gasteiger partial charge in [0, 0.05) is 10.7 Å². The first-order valence-electron chi connectivity index (χ1n) is 5.96. The van der Waals surface area contributed by atoms with E-state index in [4.69, 9.17) is 4.74 Å². The second-order valence-electron chi connectivity index (χ2n) is 3.87. The van der Waals surface area contributed by atoms with Crippen LogP contribution in [0.15, 0.2) is 41.0 Å². The van der Waals surface area contributed by atoms with Gasteiger partial charge in [-0.15, -0.1) is 0 Å². The largest absolute Gasteiger partial charge is 0.462 e. The van der Waals surface area contributed by atoms with Crippen molar-refractivity contribution in [3.05, 3.63) is 52.4 Å². The predicted octanol–water partition coefficient (Wildman–Crippen LogP) is 3.90. The van der Waals surface area contributed by atoms with Gasteiger partial charge in [-0.1, -0.05) is 6.07 Å². The average Bonchev–Trinajstić information content (AvgIpc) is 2.44. The molecular weight excluding hydrogens is 327 g/mol. The topological polar surface area (TPSA) is 51.2 Å². The summed E-state index contributed by atoms with van der Waals surface area (Å²) < 4.78 is 19.1. The molecule has 2 aromatic rings. The summed E-state index contributed by atoms with van der Waals surface area (Å²) in [5, 5.41) is 2.85. The van der Waals surface area contributed by atoms with Crippen LogP contribution in [-0.4, -0.2) is 17.6 Å². The Bertz CT molecular complexity index is 597. The van der Waals surface area contributed by atoms with Gasteiger partial charge in [-0.3, -0.25) is 0 Å². The normalized spacial score (nSPS) is 10.2. The molecule has 0 saturated carbocycles. The summed E-state index contributed by atoms with van der Waals surface area (Å²) >= 11 is 3.26. The molecule has 0 spiro atoms. The number of esters is 1. The van der Waals surface area contributed by atoms with Gasteiger partial charge in [-0.2, -0.15) is 0 Å². The van der Waals surface area contributed by atoms with Crippen molar-refractivity contribution < 1.29 is 13.9 Å². The summed E-state index contributed by atoms with van der Waals surface area (Å²) in [6, 6.07) is 7.83. The molecule has 104 valence electrons. The number of carbonyl (C=O) groups excluding carboxylic acids is 1. The minimum Gasteiger partial charge on any atom is -0.462 e. The van der Waals surface area contributed by atoms with Gasteiger partial charge in [-0.05, 0) is 47.1 Å². The van der Waals surface area contributed by atoms with Crippen LogP contribution < -0.4 is 5.32 Å². The highest BCUT2D eigenvalue weighted by atomic mass is 79.9. The number of aromatic nitrogens is 1. The smallest absolute Gasteiger partial charge is 0.339 e. The summed E-state index contributed by atoms with van der Waals surface area (Å²) in [5.74, 6) is -0.391. The van der Waals surface area contributed by atoms with E-state index in [0.717, 1.165) is 0 Å². The molecule has 0 radical (unpaired) electrons. The molecule has 0 aliphatic rings. The molecule has 0 aliphatic heterocycles. The molecule has 1 aromatic carbocycles. The number of hydrogen-bond acceptors (Lipinski definition) is 4. The van der Waals surface area contributed by atoms with E-state index < -0.39 is 11.8 Å². The first-order chi connectivity index (χ1) is 9.61. The van der Waals surface area contributed by atoms with E-state index in [2.05, 4.69) is 26.2 Å². The monoisotopic (exact) mass is 338 g/mol. The lowest BCUT2D eigenvalue weighted by Crippen LogP contribution is -2.05. The Morgan fingerprint density at radius 1 is 1.40 bits per heavy atom. The molecule has 0 amide bonds. The molecule has 1 N–H and O–H groups in total. The standard InChI is InChI=1S/C14H12BrFN2O2/c1-2-20-14(19)9-6-7-12(17-8-9)18-13-10(15)4-3-5-11(13)16/h3-8H,2H2,1H3,(H,17,18). The number of rotatable bonds is 4. The number of benzene rings is 1. The third-order valence-electron chi connectivity index (χ3n) is 2.49. The minimum absolute atomic E-state index is 0.295. The van der Waals surface area contributed by atoms with Crippen LogP contribution in [0.3, 0.4) is 0 Å². The van der Waals surface area contributed by atoms with Crippen LogP contribution in [0.4, 0.5) is 15.9 Å². The van der Waals surface area contributed by atoms with E-state index >= 15 is 0 Å². The second-order valence-corrected chi connectivity index (χ2v) is 4.73. The molecule has 1 heterocycles. The fourth-order valence-electron chi connectivity index (χ4n) is 1.55. The Balaban J connectivity index is 2.17. The maximum absolute atomic E-state index is 13.6. The number of pyridine rings is 1. The molecular formula is C14H12BrFN2O2. The van der Waals surface area contributed by atoms with Crippen molar-refractivity contribution >= 4 is 33.4 Å². The van der Waals surface area contributed by atoms with Gasteiger partial charge in [-0.25, -0.2) is 14.2 Å². The van der Waals surface area contributed by atoms with Gasteiger partial charge in [0.1, 0.15) is 11.6 Å². The maximum Gasteiger partial charge on any atom is 0.339 e. The number of hydrogen-bond donors (Lipinski definition) is 1. The molecule has 4 nitrogen and oxygen atoms in total. The first kappa shape index (κ1) is 14.5. The zero-order valence-electron chi connectivity index (χ0n) is 10.7. The van der Waals surface area contributed by atoms with Crippen LogP contribution in [-0.2, 0) is 4.74 Å². The Kier molecular flexibility index (Phi) is 4.68. The maximum atomic E-state index is 13.6. The summed E-state index contributed by atoms with van der Waals surface area (Å²) in [5.41, 5.74) is 0.647. The molecule has 0 unspecified atom stereocenters. The number of ether oxygens (including phenoxy) is 1. The summed E-state index contributed by atoms with van der Waals surface area (Å²) in [7, 11) is 0. The van der Waals surface area contributed by atoms with Crippen molar-refractivity contribution in [1.29, 1.82) is 0 Å². The molecule has 0 saturated heterocycles. The quantitative estimate of drug-likeness (QED) is 0.859. The fraction of sp³-hybridized carbons (Fsp3) is 0.143. The lowest BCUT2D eigenvalue weighted by Gasteiger charge is -2.09. The third-order valence-corrected chi connectivity index (χ3v) is 3.15. The van der Waals surface area contributed by atoms with Crippen LogP contribution in [0.2, 0.25) is 0 Å². The first-order valence-corrected chi connectivity index (χ1v) is 6.75. The lowest BCUT2D eigenvalue weighted by molar-refractivity contribution is 0.0526. The van der Waals surface area contributed by atoms with Crippen molar-refractivity contribution in [3.8, 4) is 0 Å². The minimum atomic E-state index is -0.432. The highest BCUT2D eigenvalue weighted by Crippen LogP contribution is 2.27. The molecule has 1 aromatic heterocycles. The number of carbonyl (C=O) groups is 1. The predicted molar refractivity (Wildman–Crippen MR) is 77.6 cm³/mol. The van der Waals surface area contributed by atoms with E-state index in [-0.39, 0.29) is 0 Å². The van der Waals surface area contributed by atoms with Crippen molar-refractivity contribution in [2.24, 2.45) is 0 Å². The average molecular weight is 339 g/mol. The van der Waals surface area contributed by atoms with Crippen LogP contribution in [0.5, 0.6) is 0 Å². The number of anilines is 2. The van der Waals surface area contributed by atoms with Crippen LogP contribution in [0.25, 0.3) is 0 Å². The van der Waals surface area contributed by atoms with Gasteiger partial charge in [0.25, 0.3) is 0 Å². The molecule has 6 heteroatoms. The van der Waals surface area contributed by atoms with Gasteiger partial charge < -0.3 is 10.1 Å². The molecule has 0 bridgehead atoms. The van der Waals surface area contributed by atoms with Crippen LogP contribution >= 0.6 is 15.9 Å². The highest BCUT2D eigenvalue weighted by Gasteiger charge is 2.09. The zero-order chi connectivity index (χ0) is 14.5. The zero-order valence-corrected chi connectivity index (χ0v) is 12.3. The van der Waals surface area contributed by atoms with E-state index in [0.29, 0.717) is 28.1 Å². The number of nitrogens with zero attached hydrogens (tertiary/aromatic N) is 1. The van der Waals surface area contributed by atoms with E-state index in [1.807, 2.05) is 0 Å². The second kappa shape index (κ2) is 6.47. The third kappa shape index (κ3) is 3.33. The van der Waals surface area contributed by atoms with Gasteiger partial charge in [0.2, 0.25) is 0 Å². The Labute approximate surface area is 124 Å². The SMILES string of the molecule is CCOC(=O)c1ccc(Nc2c(F)cccc2Br)nc1. The van der Waals surface area contributed by atoms with Crippen LogP contribution in [0, 0.1) is 5.82 Å². The Morgan fingerprint density at radius 3 is 2.80 bits per heavy atom. The highest BCUT2D eigenvalue weighted by molar-refractivity contribution is 9.10. The molecule has 20 heavy (non-hydrogen) atoms. The van der Waals surface area contributed by atoms with Crippen LogP contribution in [0.1, 0.15) is 17.3 Å². The van der Waals surface area contributed by atoms with Crippen molar-refractivity contribution in [2.45, 2.75) is 6.92 Å². The molecule has 0 atom stereocenters. The van der Waals surface area contributed by atoms with E-state index in [9.17, 15) is 9.18 Å². The summed E-state index contributed by atoms with van der Waals surface area (Å²) in [6.45, 7) is 2.04. The summed E-state index contributed by atoms with van der Waals surface area (Å²) in [4.78, 5) is 15.5. The van der Waals surface area contributed by atoms with Crippen molar-refractivity contribution in [1.82, 2.24) is 4.98 Å². The number of nitrogens with one attached hydrogen (secondary N) is 1. The Hall–Kier alpha value is -1.95. The number of halogens is 2. The van der Waals surface area contributed by atoms with E-state index in [1.54, 1.807) is 31.2 Å².